The first-order chi connectivity index (χ1) is 8.59. The van der Waals surface area contributed by atoms with Crippen molar-refractivity contribution in [1.82, 2.24) is 10.2 Å². The molecule has 1 unspecified atom stereocenters. The highest BCUT2D eigenvalue weighted by molar-refractivity contribution is 4.78. The van der Waals surface area contributed by atoms with Crippen LogP contribution in [0.2, 0.25) is 0 Å². The third-order valence-corrected chi connectivity index (χ3v) is 3.96. The summed E-state index contributed by atoms with van der Waals surface area (Å²) in [7, 11) is 2.23. The van der Waals surface area contributed by atoms with E-state index in [0.29, 0.717) is 12.1 Å². The van der Waals surface area contributed by atoms with Crippen molar-refractivity contribution >= 4 is 0 Å². The van der Waals surface area contributed by atoms with Crippen molar-refractivity contribution in [3.8, 4) is 0 Å². The number of ether oxygens (including phenoxy) is 1. The molecule has 3 nitrogen and oxygen atoms in total. The van der Waals surface area contributed by atoms with E-state index in [1.165, 1.54) is 38.8 Å². The van der Waals surface area contributed by atoms with Crippen LogP contribution in [0.1, 0.15) is 46.5 Å². The summed E-state index contributed by atoms with van der Waals surface area (Å²) in [6.07, 6.45) is 5.47. The van der Waals surface area contributed by atoms with Gasteiger partial charge in [-0.25, -0.2) is 0 Å². The van der Waals surface area contributed by atoms with Crippen LogP contribution in [-0.4, -0.2) is 50.3 Å². The van der Waals surface area contributed by atoms with Crippen LogP contribution in [0, 0.1) is 5.92 Å². The Morgan fingerprint density at radius 3 is 2.44 bits per heavy atom. The summed E-state index contributed by atoms with van der Waals surface area (Å²) in [4.78, 5) is 2.44. The van der Waals surface area contributed by atoms with Gasteiger partial charge in [0.1, 0.15) is 0 Å². The highest BCUT2D eigenvalue weighted by Crippen LogP contribution is 2.19. The maximum absolute atomic E-state index is 5.54. The zero-order chi connectivity index (χ0) is 13.4. The maximum Gasteiger partial charge on any atom is 0.0518 e. The molecule has 1 aliphatic heterocycles. The third-order valence-electron chi connectivity index (χ3n) is 3.96. The lowest BCUT2D eigenvalue weighted by molar-refractivity contribution is 0.0757. The molecule has 0 saturated carbocycles. The van der Waals surface area contributed by atoms with E-state index >= 15 is 0 Å². The minimum absolute atomic E-state index is 0.371. The Morgan fingerprint density at radius 1 is 1.17 bits per heavy atom. The van der Waals surface area contributed by atoms with E-state index in [9.17, 15) is 0 Å². The fourth-order valence-electron chi connectivity index (χ4n) is 2.57. The molecule has 1 heterocycles. The van der Waals surface area contributed by atoms with Crippen LogP contribution < -0.4 is 5.32 Å². The van der Waals surface area contributed by atoms with E-state index < -0.39 is 0 Å². The molecule has 18 heavy (non-hydrogen) atoms. The Kier molecular flexibility index (Phi) is 7.87. The predicted octanol–water partition coefficient (Wildman–Crippen LogP) is 2.51. The predicted molar refractivity (Wildman–Crippen MR) is 78.0 cm³/mol. The molecule has 1 aliphatic rings. The van der Waals surface area contributed by atoms with E-state index in [2.05, 4.69) is 38.0 Å². The molecular weight excluding hydrogens is 224 g/mol. The monoisotopic (exact) mass is 256 g/mol. The number of nitrogens with zero attached hydrogens (tertiary/aromatic N) is 1. The van der Waals surface area contributed by atoms with E-state index in [1.54, 1.807) is 0 Å². The summed E-state index contributed by atoms with van der Waals surface area (Å²) in [6.45, 7) is 11.1. The van der Waals surface area contributed by atoms with E-state index in [-0.39, 0.29) is 0 Å². The zero-order valence-corrected chi connectivity index (χ0v) is 12.7. The fraction of sp³-hybridized carbons (Fsp3) is 1.00. The molecule has 0 spiro atoms. The molecule has 1 N–H and O–H groups in total. The summed E-state index contributed by atoms with van der Waals surface area (Å²) in [5.74, 6) is 0.869. The summed E-state index contributed by atoms with van der Waals surface area (Å²) < 4.78 is 5.54. The van der Waals surface area contributed by atoms with Gasteiger partial charge in [0.2, 0.25) is 0 Å². The lowest BCUT2D eigenvalue weighted by Gasteiger charge is -2.33. The van der Waals surface area contributed by atoms with Crippen LogP contribution in [0.3, 0.4) is 0 Å². The minimum Gasteiger partial charge on any atom is -0.379 e. The van der Waals surface area contributed by atoms with Crippen molar-refractivity contribution in [2.75, 3.05) is 33.3 Å². The van der Waals surface area contributed by atoms with Gasteiger partial charge in [0.15, 0.2) is 0 Å². The number of likely N-dealkylation sites (tertiary alicyclic amines) is 1. The lowest BCUT2D eigenvalue weighted by atomic mass is 9.90. The largest absolute Gasteiger partial charge is 0.379 e. The van der Waals surface area contributed by atoms with E-state index in [1.807, 2.05) is 0 Å². The average Bonchev–Trinajstić information content (AvgIpc) is 2.34. The van der Waals surface area contributed by atoms with Crippen molar-refractivity contribution in [3.05, 3.63) is 0 Å². The molecule has 0 aromatic carbocycles. The van der Waals surface area contributed by atoms with Crippen molar-refractivity contribution in [3.63, 3.8) is 0 Å². The van der Waals surface area contributed by atoms with Gasteiger partial charge in [-0.15, -0.1) is 0 Å². The second-order valence-corrected chi connectivity index (χ2v) is 6.01. The van der Waals surface area contributed by atoms with Crippen molar-refractivity contribution in [2.24, 2.45) is 5.92 Å². The first-order valence-electron chi connectivity index (χ1n) is 7.63. The van der Waals surface area contributed by atoms with Gasteiger partial charge in [-0.3, -0.25) is 0 Å². The number of unbranched alkanes of at least 4 members (excludes halogenated alkanes) is 1. The molecule has 0 amide bonds. The normalized spacial score (nSPS) is 20.5. The van der Waals surface area contributed by atoms with Crippen LogP contribution in [0.25, 0.3) is 0 Å². The van der Waals surface area contributed by atoms with Gasteiger partial charge in [0.25, 0.3) is 0 Å². The number of hydrogen-bond donors (Lipinski definition) is 1. The molecule has 0 aromatic heterocycles. The average molecular weight is 256 g/mol. The van der Waals surface area contributed by atoms with Gasteiger partial charge in [0.05, 0.1) is 6.10 Å². The Hall–Kier alpha value is -0.120. The lowest BCUT2D eigenvalue weighted by Crippen LogP contribution is -2.41. The standard InChI is InChI=1S/C15H32N2O/c1-13(2)18-12-6-5-9-16-14(3)15-7-10-17(4)11-8-15/h13-16H,5-12H2,1-4H3. The first kappa shape index (κ1) is 15.9. The molecule has 1 rings (SSSR count). The molecule has 1 atom stereocenters. The van der Waals surface area contributed by atoms with Crippen LogP contribution in [0.5, 0.6) is 0 Å². The summed E-state index contributed by atoms with van der Waals surface area (Å²) >= 11 is 0. The quantitative estimate of drug-likeness (QED) is 0.675. The number of hydrogen-bond acceptors (Lipinski definition) is 3. The number of rotatable bonds is 8. The number of nitrogens with one attached hydrogen (secondary N) is 1. The Morgan fingerprint density at radius 2 is 1.83 bits per heavy atom. The number of piperidine rings is 1. The third kappa shape index (κ3) is 6.72. The molecule has 0 aliphatic carbocycles. The van der Waals surface area contributed by atoms with Gasteiger partial charge in [0, 0.05) is 12.6 Å². The Balaban J connectivity index is 1.98. The van der Waals surface area contributed by atoms with Crippen LogP contribution in [0.4, 0.5) is 0 Å². The smallest absolute Gasteiger partial charge is 0.0518 e. The molecule has 108 valence electrons. The van der Waals surface area contributed by atoms with Crippen LogP contribution >= 0.6 is 0 Å². The zero-order valence-electron chi connectivity index (χ0n) is 12.7. The Labute approximate surface area is 113 Å². The summed E-state index contributed by atoms with van der Waals surface area (Å²) in [6, 6.07) is 0.671. The maximum atomic E-state index is 5.54. The van der Waals surface area contributed by atoms with Crippen LogP contribution in [0.15, 0.2) is 0 Å². The second kappa shape index (κ2) is 8.89. The van der Waals surface area contributed by atoms with Gasteiger partial charge >= 0.3 is 0 Å². The molecular formula is C15H32N2O. The van der Waals surface area contributed by atoms with E-state index in [0.717, 1.165) is 19.1 Å². The highest BCUT2D eigenvalue weighted by atomic mass is 16.5. The Bertz CT molecular complexity index is 201. The SMILES string of the molecule is CC(C)OCCCCNC(C)C1CCN(C)CC1. The van der Waals surface area contributed by atoms with Crippen molar-refractivity contribution in [2.45, 2.75) is 58.6 Å². The topological polar surface area (TPSA) is 24.5 Å². The van der Waals surface area contributed by atoms with Crippen LogP contribution in [-0.2, 0) is 4.74 Å². The first-order valence-corrected chi connectivity index (χ1v) is 7.63. The summed E-state index contributed by atoms with van der Waals surface area (Å²) in [5, 5.41) is 3.68. The molecule has 1 fully saturated rings. The molecule has 3 heteroatoms. The summed E-state index contributed by atoms with van der Waals surface area (Å²) in [5.41, 5.74) is 0. The van der Waals surface area contributed by atoms with Gasteiger partial charge in [-0.05, 0) is 79.1 Å². The van der Waals surface area contributed by atoms with Gasteiger partial charge in [-0.1, -0.05) is 0 Å². The van der Waals surface area contributed by atoms with Gasteiger partial charge in [-0.2, -0.15) is 0 Å². The van der Waals surface area contributed by atoms with Crippen molar-refractivity contribution < 1.29 is 4.74 Å². The van der Waals surface area contributed by atoms with Crippen molar-refractivity contribution in [1.29, 1.82) is 0 Å². The second-order valence-electron chi connectivity index (χ2n) is 6.01. The molecule has 0 aromatic rings. The molecule has 0 bridgehead atoms. The fourth-order valence-corrected chi connectivity index (χ4v) is 2.57. The molecule has 1 saturated heterocycles. The minimum atomic E-state index is 0.371. The molecule has 0 radical (unpaired) electrons. The highest BCUT2D eigenvalue weighted by Gasteiger charge is 2.21. The van der Waals surface area contributed by atoms with E-state index in [4.69, 9.17) is 4.74 Å². The van der Waals surface area contributed by atoms with Gasteiger partial charge < -0.3 is 15.0 Å².